The molecule has 3 heterocycles. The van der Waals surface area contributed by atoms with Crippen LogP contribution in [0.25, 0.3) is 0 Å². The number of amidine groups is 1. The van der Waals surface area contributed by atoms with Gasteiger partial charge in [-0.2, -0.15) is 10.2 Å². The Hall–Kier alpha value is -4.87. The van der Waals surface area contributed by atoms with Crippen LogP contribution in [0.1, 0.15) is 38.0 Å². The van der Waals surface area contributed by atoms with Crippen LogP contribution in [0, 0.1) is 23.4 Å². The second-order valence-electron chi connectivity index (χ2n) is 17.2. The highest BCUT2D eigenvalue weighted by atomic mass is 35.5. The fourth-order valence-electron chi connectivity index (χ4n) is 7.32. The van der Waals surface area contributed by atoms with E-state index in [-0.39, 0.29) is 64.6 Å². The molecule has 0 saturated carbocycles. The molecule has 0 radical (unpaired) electrons. The summed E-state index contributed by atoms with van der Waals surface area (Å²) in [6.45, 7) is 14.8. The standard InChI is InChI=1S/C44H72ClN9O14P2.C7H3F3O2/c1-3-11-58-13-15-60-17-18-61-16-14-59-12-10-48-27-36(52-46)31-65-24-23-63-20-19-62-21-22-64-25-26-66-40-7-5-4-6-39(40)51-44(55)35-29-53(30-35)43(49-33-45)38-28-50-54(42(38)47-2)41-9-8-37(68-41)32-67-69-34-70(56)57;8-4-1-5(9)7(12-3-11)6(10)2-4/h4-7,27-28,35,37,41,56-57,69H,2-3,8-26,29-34,46H2,1H3,(H,51,55);1-3H/b48-27?,49-43+,52-36+;. The summed E-state index contributed by atoms with van der Waals surface area (Å²) < 4.78 is 105. The topological polar surface area (TPSA) is 294 Å². The van der Waals surface area contributed by atoms with Gasteiger partial charge in [-0.25, -0.2) is 22.8 Å². The monoisotopic (exact) mass is 1220 g/mol. The van der Waals surface area contributed by atoms with E-state index in [1.54, 1.807) is 29.2 Å². The van der Waals surface area contributed by atoms with E-state index in [1.807, 2.05) is 17.0 Å². The van der Waals surface area contributed by atoms with Crippen LogP contribution in [0.3, 0.4) is 0 Å². The second kappa shape index (κ2) is 42.9. The lowest BCUT2D eigenvalue weighted by Gasteiger charge is -2.40. The Bertz CT molecular complexity index is 2360. The number of benzene rings is 2. The number of hydrogen-bond acceptors (Lipinski definition) is 22. The summed E-state index contributed by atoms with van der Waals surface area (Å²) in [7, 11) is -1.99. The molecule has 458 valence electrons. The summed E-state index contributed by atoms with van der Waals surface area (Å²) in [5.74, 6) is 2.31. The first kappa shape index (κ1) is 69.6. The van der Waals surface area contributed by atoms with Crippen LogP contribution in [0.2, 0.25) is 0 Å². The quantitative estimate of drug-likeness (QED) is 0.00650. The van der Waals surface area contributed by atoms with Gasteiger partial charge < -0.3 is 82.5 Å². The van der Waals surface area contributed by atoms with E-state index in [0.29, 0.717) is 172 Å². The number of hydrazone groups is 1. The number of aromatic nitrogens is 2. The van der Waals surface area contributed by atoms with Crippen molar-refractivity contribution >= 4 is 77.1 Å². The molecule has 1 aromatic heterocycles. The third-order valence-corrected chi connectivity index (χ3v) is 13.4. The minimum atomic E-state index is -1.98. The molecule has 2 aromatic carbocycles. The third kappa shape index (κ3) is 27.2. The minimum Gasteiger partial charge on any atom is -0.489 e. The Balaban J connectivity index is 0.00000106. The molecular weight excluding hydrogens is 1150 g/mol. The number of para-hydroxylation sites is 2. The maximum absolute atomic E-state index is 13.4. The summed E-state index contributed by atoms with van der Waals surface area (Å²) in [6.07, 6.45) is 5.10. The number of aliphatic imine (C=N–C) groups is 3. The van der Waals surface area contributed by atoms with Gasteiger partial charge in [-0.1, -0.05) is 19.1 Å². The van der Waals surface area contributed by atoms with E-state index in [2.05, 4.69) is 48.9 Å². The number of anilines is 1. The van der Waals surface area contributed by atoms with Crippen molar-refractivity contribution in [1.82, 2.24) is 14.7 Å². The molecule has 2 aliphatic rings. The van der Waals surface area contributed by atoms with E-state index in [1.165, 1.54) is 0 Å². The van der Waals surface area contributed by atoms with E-state index in [9.17, 15) is 22.8 Å². The maximum Gasteiger partial charge on any atom is 0.298 e. The fraction of sp³-hybridized carbons (Fsp3) is 0.588. The zero-order chi connectivity index (χ0) is 59.0. The molecular formula is C51H75ClF3N9O16P2. The SMILES string of the molecule is C=Nc1c(/C(=N\CCl)N2CC(C(=O)Nc3ccccc3OCCOCCOCCOCCOC/C(C=NCCOCCOCCOCCOCCC)=N/N)C2)cnn1C1CCC(COPCP(O)O)O1.O=COc1c(F)cc(F)cc1F. The number of nitrogens with zero attached hydrogens (tertiary/aromatic N) is 7. The van der Waals surface area contributed by atoms with Gasteiger partial charge in [-0.3, -0.25) is 19.6 Å². The number of alkyl halides is 1. The van der Waals surface area contributed by atoms with E-state index in [0.717, 1.165) is 19.4 Å². The predicted octanol–water partition coefficient (Wildman–Crippen LogP) is 5.22. The molecule has 0 spiro atoms. The second-order valence-corrected chi connectivity index (χ2v) is 20.0. The van der Waals surface area contributed by atoms with E-state index in [4.69, 9.17) is 79.1 Å². The Morgan fingerprint density at radius 1 is 0.890 bits per heavy atom. The van der Waals surface area contributed by atoms with Gasteiger partial charge in [0.1, 0.15) is 35.7 Å². The number of carbonyl (C=O) groups is 2. The van der Waals surface area contributed by atoms with Gasteiger partial charge >= 0.3 is 0 Å². The lowest BCUT2D eigenvalue weighted by atomic mass is 9.97. The summed E-state index contributed by atoms with van der Waals surface area (Å²) in [5.41, 5.74) is 1.69. The number of amides is 1. The number of carbonyl (C=O) groups excluding carboxylic acids is 2. The van der Waals surface area contributed by atoms with Gasteiger partial charge in [0, 0.05) is 46.9 Å². The van der Waals surface area contributed by atoms with Crippen molar-refractivity contribution in [2.45, 2.75) is 38.5 Å². The first-order chi connectivity index (χ1) is 40.0. The van der Waals surface area contributed by atoms with Crippen molar-refractivity contribution in [2.24, 2.45) is 31.8 Å². The van der Waals surface area contributed by atoms with Gasteiger partial charge in [0.2, 0.25) is 11.7 Å². The number of nitrogens with one attached hydrogen (secondary N) is 1. The molecule has 2 saturated heterocycles. The molecule has 3 unspecified atom stereocenters. The first-order valence-electron chi connectivity index (χ1n) is 26.2. The molecule has 1 amide bonds. The van der Waals surface area contributed by atoms with Crippen molar-refractivity contribution in [1.29, 1.82) is 0 Å². The highest BCUT2D eigenvalue weighted by molar-refractivity contribution is 7.58. The van der Waals surface area contributed by atoms with Gasteiger partial charge in [-0.15, -0.1) is 11.6 Å². The molecule has 0 bridgehead atoms. The molecule has 3 atom stereocenters. The number of likely N-dealkylation sites (tertiary alicyclic amines) is 1. The van der Waals surface area contributed by atoms with Crippen LogP contribution >= 0.6 is 28.8 Å². The van der Waals surface area contributed by atoms with Crippen molar-refractivity contribution in [3.05, 3.63) is 65.6 Å². The normalized spacial score (nSPS) is 15.8. The molecule has 2 fully saturated rings. The van der Waals surface area contributed by atoms with Crippen molar-refractivity contribution in [2.75, 3.05) is 156 Å². The minimum absolute atomic E-state index is 0.000981. The summed E-state index contributed by atoms with van der Waals surface area (Å²) >= 11 is 6.10. The first-order valence-corrected chi connectivity index (χ1v) is 29.3. The summed E-state index contributed by atoms with van der Waals surface area (Å²) in [6, 6.07) is 8.08. The number of ether oxygens (including phenoxy) is 11. The average molecular weight is 1220 g/mol. The van der Waals surface area contributed by atoms with Gasteiger partial charge in [0.15, 0.2) is 32.1 Å². The molecule has 0 aliphatic carbocycles. The van der Waals surface area contributed by atoms with Crippen LogP contribution in [-0.4, -0.2) is 218 Å². The zero-order valence-corrected chi connectivity index (χ0v) is 48.4. The number of nitrogens with two attached hydrogens (primary N) is 1. The van der Waals surface area contributed by atoms with Gasteiger partial charge in [-0.05, 0) is 38.1 Å². The maximum atomic E-state index is 13.4. The van der Waals surface area contributed by atoms with Crippen molar-refractivity contribution in [3.63, 3.8) is 0 Å². The van der Waals surface area contributed by atoms with E-state index < -0.39 is 31.6 Å². The van der Waals surface area contributed by atoms with E-state index >= 15 is 0 Å². The molecule has 5 N–H and O–H groups in total. The fourth-order valence-corrected chi connectivity index (χ4v) is 8.57. The third-order valence-electron chi connectivity index (χ3n) is 11.2. The van der Waals surface area contributed by atoms with Crippen LogP contribution in [0.4, 0.5) is 24.7 Å². The molecule has 25 nitrogen and oxygen atoms in total. The van der Waals surface area contributed by atoms with Crippen LogP contribution in [-0.2, 0) is 56.7 Å². The van der Waals surface area contributed by atoms with Crippen molar-refractivity contribution in [3.8, 4) is 11.5 Å². The Labute approximate surface area is 482 Å². The van der Waals surface area contributed by atoms with Gasteiger partial charge in [0.25, 0.3) is 6.47 Å². The zero-order valence-electron chi connectivity index (χ0n) is 45.8. The lowest BCUT2D eigenvalue weighted by Crippen LogP contribution is -2.54. The largest absolute Gasteiger partial charge is 0.489 e. The summed E-state index contributed by atoms with van der Waals surface area (Å²) in [5, 5.41) is 11.3. The Morgan fingerprint density at radius 2 is 1.49 bits per heavy atom. The molecule has 5 rings (SSSR count). The van der Waals surface area contributed by atoms with Crippen molar-refractivity contribution < 1.29 is 89.2 Å². The number of hydrogen-bond donors (Lipinski definition) is 4. The molecule has 31 heteroatoms. The molecule has 2 aliphatic heterocycles. The van der Waals surface area contributed by atoms with Gasteiger partial charge in [0.05, 0.1) is 148 Å². The van der Waals surface area contributed by atoms with Crippen LogP contribution in [0.5, 0.6) is 11.5 Å². The molecule has 82 heavy (non-hydrogen) atoms. The highest BCUT2D eigenvalue weighted by Gasteiger charge is 2.38. The van der Waals surface area contributed by atoms with Crippen LogP contribution in [0.15, 0.2) is 62.7 Å². The predicted molar refractivity (Wildman–Crippen MR) is 303 cm³/mol. The summed E-state index contributed by atoms with van der Waals surface area (Å²) in [4.78, 5) is 56.3. The Morgan fingerprint density at radius 3 is 2.07 bits per heavy atom. The molecule has 3 aromatic rings. The highest BCUT2D eigenvalue weighted by Crippen LogP contribution is 2.37. The number of halogens is 4. The smallest absolute Gasteiger partial charge is 0.298 e. The number of rotatable bonds is 43. The average Bonchev–Trinajstić information content (AvgIpc) is 4.30. The van der Waals surface area contributed by atoms with Crippen LogP contribution < -0.4 is 20.6 Å². The Kier molecular flexibility index (Phi) is 36.4. The lowest BCUT2D eigenvalue weighted by molar-refractivity contribution is -0.123.